The number of rotatable bonds is 5. The van der Waals surface area contributed by atoms with Crippen LogP contribution in [0.2, 0.25) is 0 Å². The van der Waals surface area contributed by atoms with Gasteiger partial charge in [0.15, 0.2) is 0 Å². The molecule has 0 aliphatic rings. The van der Waals surface area contributed by atoms with E-state index in [2.05, 4.69) is 0 Å². The summed E-state index contributed by atoms with van der Waals surface area (Å²) < 4.78 is 0. The molecule has 0 saturated carbocycles. The minimum Gasteiger partial charge on any atom is -0.412 e. The second-order valence-corrected chi connectivity index (χ2v) is 2.21. The Morgan fingerprint density at radius 1 is 1.17 bits per heavy atom. The molecular weight excluding hydrogens is 168 g/mol. The Balaban J connectivity index is 0. The van der Waals surface area contributed by atoms with Crippen LogP contribution in [-0.4, -0.2) is 57.1 Å². The van der Waals surface area contributed by atoms with Gasteiger partial charge in [0.1, 0.15) is 18.5 Å². The molecule has 0 aliphatic carbocycles. The third-order valence-corrected chi connectivity index (χ3v) is 1.31. The van der Waals surface area contributed by atoms with Gasteiger partial charge in [-0.3, -0.25) is 0 Å². The second kappa shape index (κ2) is 7.14. The van der Waals surface area contributed by atoms with Crippen molar-refractivity contribution in [1.29, 1.82) is 0 Å². The minimum atomic E-state index is -1.47. The van der Waals surface area contributed by atoms with Crippen molar-refractivity contribution in [2.45, 2.75) is 24.7 Å². The van der Waals surface area contributed by atoms with Gasteiger partial charge in [-0.05, 0) is 0 Å². The lowest BCUT2D eigenvalue weighted by atomic mass is 10.1. The van der Waals surface area contributed by atoms with Crippen molar-refractivity contribution in [2.24, 2.45) is 0 Å². The van der Waals surface area contributed by atoms with Gasteiger partial charge in [0.05, 0.1) is 12.7 Å². The van der Waals surface area contributed by atoms with Crippen LogP contribution in [-0.2, 0) is 4.79 Å². The summed E-state index contributed by atoms with van der Waals surface area (Å²) in [7, 11) is 0. The first-order valence-electron chi connectivity index (χ1n) is 3.22. The van der Waals surface area contributed by atoms with Gasteiger partial charge in [0, 0.05) is 6.42 Å². The molecule has 0 fully saturated rings. The molecule has 0 rings (SSSR count). The molecule has 0 aromatic carbocycles. The van der Waals surface area contributed by atoms with E-state index < -0.39 is 24.9 Å². The molecular formula is C6H14O6. The Kier molecular flexibility index (Phi) is 8.34. The predicted molar refractivity (Wildman–Crippen MR) is 39.4 cm³/mol. The summed E-state index contributed by atoms with van der Waals surface area (Å²) in [5.74, 6) is 0. The number of aliphatic hydroxyl groups excluding tert-OH is 4. The average Bonchev–Trinajstić information content (AvgIpc) is 2.02. The molecule has 0 radical (unpaired) electrons. The first kappa shape index (κ1) is 14.0. The van der Waals surface area contributed by atoms with Crippen LogP contribution < -0.4 is 0 Å². The second-order valence-electron chi connectivity index (χ2n) is 2.21. The number of carbonyl (C=O) groups excluding carboxylic acids is 1. The van der Waals surface area contributed by atoms with Crippen molar-refractivity contribution in [3.05, 3.63) is 0 Å². The molecule has 6 N–H and O–H groups in total. The molecule has 74 valence electrons. The monoisotopic (exact) mass is 182 g/mol. The maximum Gasteiger partial charge on any atom is 0.122 e. The van der Waals surface area contributed by atoms with E-state index in [0.29, 0.717) is 6.29 Å². The van der Waals surface area contributed by atoms with Crippen molar-refractivity contribution >= 4 is 6.29 Å². The van der Waals surface area contributed by atoms with E-state index in [4.69, 9.17) is 20.4 Å². The van der Waals surface area contributed by atoms with Gasteiger partial charge in [-0.2, -0.15) is 0 Å². The van der Waals surface area contributed by atoms with Crippen LogP contribution in [0.25, 0.3) is 0 Å². The van der Waals surface area contributed by atoms with Crippen LogP contribution in [0.1, 0.15) is 6.42 Å². The van der Waals surface area contributed by atoms with Gasteiger partial charge in [0.25, 0.3) is 0 Å². The highest BCUT2D eigenvalue weighted by Crippen LogP contribution is 2.01. The Morgan fingerprint density at radius 3 is 2.00 bits per heavy atom. The normalized spacial score (nSPS) is 17.3. The summed E-state index contributed by atoms with van der Waals surface area (Å²) >= 11 is 0. The first-order chi connectivity index (χ1) is 5.13. The van der Waals surface area contributed by atoms with Crippen LogP contribution in [0.5, 0.6) is 0 Å². The summed E-state index contributed by atoms with van der Waals surface area (Å²) in [4.78, 5) is 9.82. The Hall–Kier alpha value is -0.530. The van der Waals surface area contributed by atoms with Gasteiger partial charge in [-0.15, -0.1) is 0 Å². The van der Waals surface area contributed by atoms with E-state index in [1.54, 1.807) is 0 Å². The molecule has 12 heavy (non-hydrogen) atoms. The molecule has 6 nitrogen and oxygen atoms in total. The number of hydrogen-bond donors (Lipinski definition) is 4. The molecule has 0 aliphatic heterocycles. The zero-order valence-electron chi connectivity index (χ0n) is 6.42. The van der Waals surface area contributed by atoms with Gasteiger partial charge in [0.2, 0.25) is 0 Å². The summed E-state index contributed by atoms with van der Waals surface area (Å²) in [5, 5.41) is 34.8. The van der Waals surface area contributed by atoms with E-state index >= 15 is 0 Å². The van der Waals surface area contributed by atoms with Crippen LogP contribution in [0.4, 0.5) is 0 Å². The van der Waals surface area contributed by atoms with Crippen molar-refractivity contribution in [2.75, 3.05) is 6.61 Å². The quantitative estimate of drug-likeness (QED) is 0.333. The number of hydrogen-bond acceptors (Lipinski definition) is 5. The van der Waals surface area contributed by atoms with E-state index in [-0.39, 0.29) is 11.9 Å². The molecule has 0 saturated heterocycles. The van der Waals surface area contributed by atoms with Crippen molar-refractivity contribution in [1.82, 2.24) is 0 Å². The maximum atomic E-state index is 9.82. The highest BCUT2D eigenvalue weighted by Gasteiger charge is 2.23. The highest BCUT2D eigenvalue weighted by atomic mass is 16.4. The van der Waals surface area contributed by atoms with Crippen LogP contribution in [0.15, 0.2) is 0 Å². The Bertz CT molecular complexity index is 117. The third kappa shape index (κ3) is 4.37. The van der Waals surface area contributed by atoms with Gasteiger partial charge < -0.3 is 30.7 Å². The van der Waals surface area contributed by atoms with Crippen molar-refractivity contribution in [3.63, 3.8) is 0 Å². The summed E-state index contributed by atoms with van der Waals surface area (Å²) in [6.07, 6.45) is -4.00. The average molecular weight is 182 g/mol. The largest absolute Gasteiger partial charge is 0.412 e. The van der Waals surface area contributed by atoms with E-state index in [0.717, 1.165) is 0 Å². The van der Waals surface area contributed by atoms with Crippen LogP contribution in [0.3, 0.4) is 0 Å². The summed E-state index contributed by atoms with van der Waals surface area (Å²) in [6, 6.07) is 0. The fourth-order valence-electron chi connectivity index (χ4n) is 0.602. The third-order valence-electron chi connectivity index (χ3n) is 1.31. The standard InChI is InChI=1S/C6H12O5.H2O/c7-2-1-4(9)6(11)5(10)3-8;/h2,4-6,8-11H,1,3H2;1H2/t4-,5-,6+;/m1./s1. The minimum absolute atomic E-state index is 0. The summed E-state index contributed by atoms with van der Waals surface area (Å²) in [5.41, 5.74) is 0. The lowest BCUT2D eigenvalue weighted by molar-refractivity contribution is -0.115. The molecule has 0 amide bonds. The number of aliphatic hydroxyl groups is 4. The fourth-order valence-corrected chi connectivity index (χ4v) is 0.602. The van der Waals surface area contributed by atoms with Crippen LogP contribution >= 0.6 is 0 Å². The number of carbonyl (C=O) groups is 1. The number of aldehydes is 1. The van der Waals surface area contributed by atoms with E-state index in [9.17, 15) is 4.79 Å². The summed E-state index contributed by atoms with van der Waals surface area (Å²) in [6.45, 7) is -0.642. The molecule has 0 aromatic heterocycles. The predicted octanol–water partition coefficient (Wildman–Crippen LogP) is -3.17. The smallest absolute Gasteiger partial charge is 0.122 e. The van der Waals surface area contributed by atoms with Gasteiger partial charge >= 0.3 is 0 Å². The maximum absolute atomic E-state index is 9.82. The molecule has 0 bridgehead atoms. The lowest BCUT2D eigenvalue weighted by Gasteiger charge is -2.19. The van der Waals surface area contributed by atoms with E-state index in [1.165, 1.54) is 0 Å². The first-order valence-corrected chi connectivity index (χ1v) is 3.22. The van der Waals surface area contributed by atoms with Gasteiger partial charge in [-0.25, -0.2) is 0 Å². The topological polar surface area (TPSA) is 129 Å². The zero-order chi connectivity index (χ0) is 8.85. The fraction of sp³-hybridized carbons (Fsp3) is 0.833. The van der Waals surface area contributed by atoms with Crippen molar-refractivity contribution in [3.8, 4) is 0 Å². The Labute approximate surface area is 69.4 Å². The van der Waals surface area contributed by atoms with Crippen LogP contribution in [0, 0.1) is 0 Å². The Morgan fingerprint density at radius 2 is 1.67 bits per heavy atom. The molecule has 0 heterocycles. The zero-order valence-corrected chi connectivity index (χ0v) is 6.42. The van der Waals surface area contributed by atoms with E-state index in [1.807, 2.05) is 0 Å². The molecule has 0 unspecified atom stereocenters. The highest BCUT2D eigenvalue weighted by molar-refractivity contribution is 5.50. The molecule has 6 heteroatoms. The lowest BCUT2D eigenvalue weighted by Crippen LogP contribution is -2.39. The molecule has 3 atom stereocenters. The molecule has 0 spiro atoms. The SMILES string of the molecule is O.O=CC[C@@H](O)[C@H](O)[C@H](O)CO. The van der Waals surface area contributed by atoms with Crippen molar-refractivity contribution < 1.29 is 30.7 Å². The van der Waals surface area contributed by atoms with Gasteiger partial charge in [-0.1, -0.05) is 0 Å². The molecule has 0 aromatic rings.